The van der Waals surface area contributed by atoms with Crippen LogP contribution >= 0.6 is 38.3 Å². The molecular formula is BiBr2S. The molecule has 0 fully saturated rings. The molecule has 0 aliphatic rings. The zero-order valence-electron chi connectivity index (χ0n) is 1.61. The third-order valence-corrected chi connectivity index (χ3v) is 0. The topological polar surface area (TPSA) is 0 Å². The first-order valence-corrected chi connectivity index (χ1v) is 4.81. The predicted molar refractivity (Wildman–Crippen MR) is 31.2 cm³/mol. The van der Waals surface area contributed by atoms with Gasteiger partial charge in [-0.1, -0.05) is 0 Å². The molecule has 0 aromatic rings. The van der Waals surface area contributed by atoms with Gasteiger partial charge in [0, 0.05) is 55.8 Å². The van der Waals surface area contributed by atoms with E-state index in [0.29, 0.717) is 0 Å². The maximum Gasteiger partial charge on any atom is 0.00191 e. The summed E-state index contributed by atoms with van der Waals surface area (Å²) in [6.45, 7) is 0. The van der Waals surface area contributed by atoms with Gasteiger partial charge in [0.1, 0.15) is 0 Å². The molecule has 0 aliphatic carbocycles. The Hall–Kier alpha value is 2.19. The summed E-state index contributed by atoms with van der Waals surface area (Å²) in [6, 6.07) is 0. The summed E-state index contributed by atoms with van der Waals surface area (Å²) in [4.78, 5) is 0. The first-order chi connectivity index (χ1) is 1.41. The van der Waals surface area contributed by atoms with E-state index in [-0.39, 0.29) is 26.2 Å². The molecule has 3 radical (unpaired) electrons. The predicted octanol–water partition coefficient (Wildman–Crippen LogP) is 1.96. The first-order valence-electron chi connectivity index (χ1n) is 0.309. The van der Waals surface area contributed by atoms with Crippen LogP contribution in [0.3, 0.4) is 0 Å². The summed E-state index contributed by atoms with van der Waals surface area (Å²) >= 11 is 5.96. The molecule has 0 nitrogen and oxygen atoms in total. The van der Waals surface area contributed by atoms with Gasteiger partial charge in [0.25, 0.3) is 0 Å². The summed E-state index contributed by atoms with van der Waals surface area (Å²) in [7, 11) is 1.38. The second-order valence-electron chi connectivity index (χ2n) is 0.0583. The van der Waals surface area contributed by atoms with E-state index in [4.69, 9.17) is 0 Å². The van der Waals surface area contributed by atoms with Crippen LogP contribution in [0.2, 0.25) is 0 Å². The van der Waals surface area contributed by atoms with Gasteiger partial charge < -0.3 is 0 Å². The zero-order chi connectivity index (χ0) is 2.71. The monoisotopic (exact) mass is 399 g/mol. The fourth-order valence-electron chi connectivity index (χ4n) is 0. The van der Waals surface area contributed by atoms with E-state index in [1.807, 2.05) is 0 Å². The van der Waals surface area contributed by atoms with Crippen LogP contribution in [-0.4, -0.2) is 26.2 Å². The second-order valence-corrected chi connectivity index (χ2v) is 4.72. The molecule has 25 valence electrons. The maximum absolute atomic E-state index is 2.98. The first kappa shape index (κ1) is 9.50. The van der Waals surface area contributed by atoms with Crippen LogP contribution in [0, 0.1) is 0 Å². The molecule has 0 spiro atoms. The average molecular weight is 401 g/mol. The minimum absolute atomic E-state index is 0. The van der Waals surface area contributed by atoms with E-state index < -0.39 is 0 Å². The molecule has 0 aliphatic heterocycles. The minimum atomic E-state index is 0. The SMILES string of the molecule is BrSBr.[Bi]. The van der Waals surface area contributed by atoms with Crippen molar-refractivity contribution in [2.75, 3.05) is 0 Å². The number of rotatable bonds is 0. The zero-order valence-corrected chi connectivity index (χ0v) is 9.08. The fourth-order valence-corrected chi connectivity index (χ4v) is 0. The third kappa shape index (κ3) is 8.89. The number of hydrogen-bond donors (Lipinski definition) is 0. The molecule has 0 saturated heterocycles. The van der Waals surface area contributed by atoms with E-state index >= 15 is 0 Å². The number of hydrogen-bond acceptors (Lipinski definition) is 1. The molecule has 4 heavy (non-hydrogen) atoms. The van der Waals surface area contributed by atoms with Gasteiger partial charge in [0.2, 0.25) is 0 Å². The smallest absolute Gasteiger partial charge is 0.00191 e. The third-order valence-electron chi connectivity index (χ3n) is 0. The van der Waals surface area contributed by atoms with Crippen molar-refractivity contribution < 1.29 is 0 Å². The van der Waals surface area contributed by atoms with E-state index in [2.05, 4.69) is 29.6 Å². The van der Waals surface area contributed by atoms with Gasteiger partial charge in [-0.15, -0.1) is 0 Å². The molecule has 4 heteroatoms. The molecule has 0 saturated carbocycles. The second kappa shape index (κ2) is 8.96. The van der Waals surface area contributed by atoms with Gasteiger partial charge in [0.15, 0.2) is 0 Å². The van der Waals surface area contributed by atoms with Crippen LogP contribution in [-0.2, 0) is 0 Å². The van der Waals surface area contributed by atoms with Crippen molar-refractivity contribution in [2.24, 2.45) is 0 Å². The van der Waals surface area contributed by atoms with Gasteiger partial charge in [0.05, 0.1) is 0 Å². The van der Waals surface area contributed by atoms with Crippen molar-refractivity contribution >= 4 is 64.5 Å². The summed E-state index contributed by atoms with van der Waals surface area (Å²) in [5.74, 6) is 0. The van der Waals surface area contributed by atoms with Gasteiger partial charge in [-0.05, 0) is 8.63 Å². The average Bonchev–Trinajstić information content (AvgIpc) is 0.918. The Morgan fingerprint density at radius 1 is 1.25 bits per heavy atom. The maximum atomic E-state index is 2.98. The van der Waals surface area contributed by atoms with Crippen LogP contribution < -0.4 is 0 Å². The molecule has 0 rings (SSSR count). The molecule has 0 aromatic carbocycles. The largest absolute Gasteiger partial charge is 0.00382 e. The quantitative estimate of drug-likeness (QED) is 0.560. The molecule has 0 aromatic heterocycles. The van der Waals surface area contributed by atoms with Crippen molar-refractivity contribution in [3.05, 3.63) is 0 Å². The van der Waals surface area contributed by atoms with Crippen molar-refractivity contribution in [2.45, 2.75) is 0 Å². The van der Waals surface area contributed by atoms with Gasteiger partial charge in [-0.2, -0.15) is 0 Å². The van der Waals surface area contributed by atoms with Gasteiger partial charge >= 0.3 is 0 Å². The van der Waals surface area contributed by atoms with Crippen molar-refractivity contribution in [3.8, 4) is 0 Å². The van der Waals surface area contributed by atoms with Crippen molar-refractivity contribution in [3.63, 3.8) is 0 Å². The Kier molecular flexibility index (Phi) is 21.3. The van der Waals surface area contributed by atoms with E-state index in [1.165, 1.54) is 8.63 Å². The Morgan fingerprint density at radius 2 is 1.25 bits per heavy atom. The molecule has 0 N–H and O–H groups in total. The standard InChI is InChI=1S/Bi.Br2S/c;1-3-2. The number of halogens is 2. The van der Waals surface area contributed by atoms with Crippen LogP contribution in [0.15, 0.2) is 0 Å². The van der Waals surface area contributed by atoms with Crippen molar-refractivity contribution in [1.29, 1.82) is 0 Å². The summed E-state index contributed by atoms with van der Waals surface area (Å²) in [5.41, 5.74) is 0. The molecule has 0 unspecified atom stereocenters. The Bertz CT molecular complexity index is 6.00. The molecular weight excluding hydrogens is 401 g/mol. The van der Waals surface area contributed by atoms with Crippen molar-refractivity contribution in [1.82, 2.24) is 0 Å². The van der Waals surface area contributed by atoms with Crippen LogP contribution in [0.1, 0.15) is 0 Å². The Morgan fingerprint density at radius 3 is 1.25 bits per heavy atom. The summed E-state index contributed by atoms with van der Waals surface area (Å²) in [6.07, 6.45) is 0. The van der Waals surface area contributed by atoms with E-state index in [0.717, 1.165) is 0 Å². The fraction of sp³-hybridized carbons (Fsp3) is 0. The van der Waals surface area contributed by atoms with Gasteiger partial charge in [-0.25, -0.2) is 0 Å². The normalized spacial score (nSPS) is 4.50. The Balaban J connectivity index is 0. The van der Waals surface area contributed by atoms with Crippen LogP contribution in [0.5, 0.6) is 0 Å². The molecule has 0 bridgehead atoms. The summed E-state index contributed by atoms with van der Waals surface area (Å²) < 4.78 is 0. The molecule has 0 heterocycles. The van der Waals surface area contributed by atoms with Crippen LogP contribution in [0.25, 0.3) is 0 Å². The van der Waals surface area contributed by atoms with Gasteiger partial charge in [-0.3, -0.25) is 0 Å². The van der Waals surface area contributed by atoms with E-state index in [1.54, 1.807) is 0 Å². The molecule has 0 amide bonds. The Labute approximate surface area is 63.6 Å². The summed E-state index contributed by atoms with van der Waals surface area (Å²) in [5, 5.41) is 0. The van der Waals surface area contributed by atoms with Crippen LogP contribution in [0.4, 0.5) is 0 Å². The minimum Gasteiger partial charge on any atom is -0.00382 e. The molecule has 0 atom stereocenters. The van der Waals surface area contributed by atoms with E-state index in [9.17, 15) is 0 Å².